The molecular formula is C17H22O4S2. The van der Waals surface area contributed by atoms with Crippen LogP contribution in [0.2, 0.25) is 0 Å². The van der Waals surface area contributed by atoms with Crippen LogP contribution in [0.4, 0.5) is 0 Å². The Bertz CT molecular complexity index is 526. The number of carbonyl (C=O) groups excluding carboxylic acids is 2. The topological polar surface area (TPSA) is 52.6 Å². The van der Waals surface area contributed by atoms with Crippen molar-refractivity contribution in [1.82, 2.24) is 0 Å². The predicted molar refractivity (Wildman–Crippen MR) is 98.0 cm³/mol. The third-order valence-electron chi connectivity index (χ3n) is 2.97. The molecule has 0 aliphatic carbocycles. The van der Waals surface area contributed by atoms with Gasteiger partial charge in [0.15, 0.2) is 5.12 Å². The molecule has 23 heavy (non-hydrogen) atoms. The van der Waals surface area contributed by atoms with E-state index in [1.165, 1.54) is 17.8 Å². The van der Waals surface area contributed by atoms with Gasteiger partial charge in [0.05, 0.1) is 7.11 Å². The van der Waals surface area contributed by atoms with Gasteiger partial charge in [0, 0.05) is 23.5 Å². The first-order valence-corrected chi connectivity index (χ1v) is 9.49. The third kappa shape index (κ3) is 8.71. The summed E-state index contributed by atoms with van der Waals surface area (Å²) in [6, 6.07) is 7.35. The highest BCUT2D eigenvalue weighted by molar-refractivity contribution is 8.13. The molecule has 0 aromatic heterocycles. The number of methoxy groups -OCH3 is 1. The maximum Gasteiger partial charge on any atom is 0.330 e. The zero-order valence-electron chi connectivity index (χ0n) is 13.6. The lowest BCUT2D eigenvalue weighted by molar-refractivity contribution is -0.137. The second-order valence-corrected chi connectivity index (χ2v) is 7.17. The van der Waals surface area contributed by atoms with Gasteiger partial charge >= 0.3 is 5.97 Å². The molecule has 0 bridgehead atoms. The van der Waals surface area contributed by atoms with E-state index in [1.54, 1.807) is 24.9 Å². The molecule has 0 saturated heterocycles. The number of benzene rings is 1. The van der Waals surface area contributed by atoms with Gasteiger partial charge in [0.25, 0.3) is 0 Å². The van der Waals surface area contributed by atoms with Crippen molar-refractivity contribution in [2.45, 2.75) is 18.6 Å². The van der Waals surface area contributed by atoms with Gasteiger partial charge in [-0.3, -0.25) is 4.79 Å². The minimum absolute atomic E-state index is 0.136. The van der Waals surface area contributed by atoms with Crippen LogP contribution in [0.5, 0.6) is 5.75 Å². The normalized spacial score (nSPS) is 12.1. The highest BCUT2D eigenvalue weighted by atomic mass is 32.2. The fourth-order valence-electron chi connectivity index (χ4n) is 1.60. The summed E-state index contributed by atoms with van der Waals surface area (Å²) in [5.74, 6) is 0.843. The van der Waals surface area contributed by atoms with Crippen molar-refractivity contribution in [3.05, 3.63) is 35.9 Å². The van der Waals surface area contributed by atoms with E-state index in [9.17, 15) is 9.59 Å². The molecule has 0 fully saturated rings. The lowest BCUT2D eigenvalue weighted by atomic mass is 10.2. The molecule has 1 rings (SSSR count). The monoisotopic (exact) mass is 354 g/mol. The van der Waals surface area contributed by atoms with Gasteiger partial charge in [-0.05, 0) is 30.0 Å². The van der Waals surface area contributed by atoms with Crippen LogP contribution in [-0.2, 0) is 14.3 Å². The third-order valence-corrected chi connectivity index (χ3v) is 4.81. The number of hydrogen-bond acceptors (Lipinski definition) is 6. The molecule has 126 valence electrons. The number of ether oxygens (including phenoxy) is 2. The standard InChI is InChI=1S/C17H22O4S2/c1-13(22-3)12-17(19)23-11-10-21-16(18)9-6-14-4-7-15(20-2)8-5-14/h4-9,13H,10-12H2,1-3H3/b9-6+. The number of carbonyl (C=O) groups is 2. The van der Waals surface area contributed by atoms with Crippen LogP contribution >= 0.6 is 23.5 Å². The van der Waals surface area contributed by atoms with Gasteiger partial charge in [0.1, 0.15) is 12.4 Å². The second kappa shape index (κ2) is 11.2. The molecule has 6 heteroatoms. The minimum Gasteiger partial charge on any atom is -0.497 e. The quantitative estimate of drug-likeness (QED) is 0.383. The fourth-order valence-corrected chi connectivity index (χ4v) is 2.79. The summed E-state index contributed by atoms with van der Waals surface area (Å²) in [7, 11) is 1.60. The Morgan fingerprint density at radius 1 is 1.26 bits per heavy atom. The van der Waals surface area contributed by atoms with Crippen LogP contribution in [0.1, 0.15) is 18.9 Å². The summed E-state index contributed by atoms with van der Waals surface area (Å²) in [6.45, 7) is 2.25. The molecule has 0 spiro atoms. The maximum atomic E-state index is 11.6. The Morgan fingerprint density at radius 2 is 1.96 bits per heavy atom. The van der Waals surface area contributed by atoms with Gasteiger partial charge in [-0.25, -0.2) is 4.79 Å². The average Bonchev–Trinajstić information content (AvgIpc) is 2.57. The van der Waals surface area contributed by atoms with Crippen molar-refractivity contribution in [1.29, 1.82) is 0 Å². The van der Waals surface area contributed by atoms with Crippen molar-refractivity contribution in [2.24, 2.45) is 0 Å². The first-order valence-electron chi connectivity index (χ1n) is 7.22. The summed E-state index contributed by atoms with van der Waals surface area (Å²) in [5, 5.41) is 0.460. The largest absolute Gasteiger partial charge is 0.497 e. The van der Waals surface area contributed by atoms with E-state index in [0.29, 0.717) is 17.4 Å². The summed E-state index contributed by atoms with van der Waals surface area (Å²) >= 11 is 2.88. The summed E-state index contributed by atoms with van der Waals surface area (Å²) in [5.41, 5.74) is 0.887. The number of thioether (sulfide) groups is 2. The molecule has 1 aromatic rings. The molecule has 0 heterocycles. The van der Waals surface area contributed by atoms with E-state index in [1.807, 2.05) is 37.4 Å². The van der Waals surface area contributed by atoms with Crippen molar-refractivity contribution in [2.75, 3.05) is 25.7 Å². The molecule has 0 radical (unpaired) electrons. The number of hydrogen-bond donors (Lipinski definition) is 0. The zero-order valence-corrected chi connectivity index (χ0v) is 15.2. The molecule has 0 saturated carbocycles. The van der Waals surface area contributed by atoms with Gasteiger partial charge in [-0.2, -0.15) is 11.8 Å². The Hall–Kier alpha value is -1.40. The smallest absolute Gasteiger partial charge is 0.330 e. The van der Waals surface area contributed by atoms with Crippen molar-refractivity contribution >= 4 is 40.7 Å². The molecule has 0 amide bonds. The SMILES string of the molecule is COc1ccc(/C=C/C(=O)OCCSC(=O)CC(C)SC)cc1. The molecule has 0 aliphatic heterocycles. The highest BCUT2D eigenvalue weighted by Crippen LogP contribution is 2.15. The summed E-state index contributed by atoms with van der Waals surface area (Å²) < 4.78 is 10.1. The molecule has 4 nitrogen and oxygen atoms in total. The van der Waals surface area contributed by atoms with Crippen LogP contribution in [0, 0.1) is 0 Å². The Labute approximate surface area is 146 Å². The van der Waals surface area contributed by atoms with Crippen LogP contribution in [-0.4, -0.2) is 42.1 Å². The van der Waals surface area contributed by atoms with Gasteiger partial charge in [0.2, 0.25) is 0 Å². The first kappa shape index (κ1) is 19.6. The number of esters is 1. The average molecular weight is 354 g/mol. The molecule has 0 N–H and O–H groups in total. The summed E-state index contributed by atoms with van der Waals surface area (Å²) in [6.07, 6.45) is 5.58. The Kier molecular flexibility index (Phi) is 9.55. The Balaban J connectivity index is 2.23. The summed E-state index contributed by atoms with van der Waals surface area (Å²) in [4.78, 5) is 23.2. The molecule has 1 unspecified atom stereocenters. The highest BCUT2D eigenvalue weighted by Gasteiger charge is 2.08. The van der Waals surface area contributed by atoms with E-state index in [2.05, 4.69) is 0 Å². The molecule has 1 aromatic carbocycles. The van der Waals surface area contributed by atoms with Crippen LogP contribution < -0.4 is 4.74 Å². The van der Waals surface area contributed by atoms with E-state index in [-0.39, 0.29) is 11.7 Å². The van der Waals surface area contributed by atoms with Crippen molar-refractivity contribution in [3.63, 3.8) is 0 Å². The molecule has 1 atom stereocenters. The minimum atomic E-state index is -0.411. The van der Waals surface area contributed by atoms with Crippen LogP contribution in [0.15, 0.2) is 30.3 Å². The maximum absolute atomic E-state index is 11.6. The fraction of sp³-hybridized carbons (Fsp3) is 0.412. The van der Waals surface area contributed by atoms with Gasteiger partial charge < -0.3 is 9.47 Å². The van der Waals surface area contributed by atoms with Crippen molar-refractivity contribution in [3.8, 4) is 5.75 Å². The van der Waals surface area contributed by atoms with E-state index >= 15 is 0 Å². The predicted octanol–water partition coefficient (Wildman–Crippen LogP) is 3.65. The zero-order chi connectivity index (χ0) is 17.1. The van der Waals surface area contributed by atoms with Gasteiger partial charge in [-0.1, -0.05) is 30.8 Å². The van der Waals surface area contributed by atoms with E-state index < -0.39 is 5.97 Å². The Morgan fingerprint density at radius 3 is 2.57 bits per heavy atom. The van der Waals surface area contributed by atoms with E-state index in [0.717, 1.165) is 11.3 Å². The first-order chi connectivity index (χ1) is 11.0. The second-order valence-electron chi connectivity index (χ2n) is 4.74. The van der Waals surface area contributed by atoms with E-state index in [4.69, 9.17) is 9.47 Å². The van der Waals surface area contributed by atoms with Crippen LogP contribution in [0.3, 0.4) is 0 Å². The van der Waals surface area contributed by atoms with Crippen molar-refractivity contribution < 1.29 is 19.1 Å². The molecule has 0 aliphatic rings. The van der Waals surface area contributed by atoms with Crippen LogP contribution in [0.25, 0.3) is 6.08 Å². The lowest BCUT2D eigenvalue weighted by Gasteiger charge is -2.06. The van der Waals surface area contributed by atoms with Gasteiger partial charge in [-0.15, -0.1) is 0 Å². The lowest BCUT2D eigenvalue weighted by Crippen LogP contribution is -2.08. The number of rotatable bonds is 9. The molecular weight excluding hydrogens is 332 g/mol.